The lowest BCUT2D eigenvalue weighted by Crippen LogP contribution is -2.83. The molecule has 6 atom stereocenters. The molecule has 3 heterocycles. The first-order valence-corrected chi connectivity index (χ1v) is 10.6. The zero-order valence-corrected chi connectivity index (χ0v) is 18.4. The molecule has 3 fully saturated rings. The largest absolute Gasteiger partial charge is 0.391 e. The number of β-lactam (4-membered cyclic amide) rings is 2. The molecule has 0 radical (unpaired) electrons. The maximum absolute atomic E-state index is 13.3. The Morgan fingerprint density at radius 3 is 1.45 bits per heavy atom. The molecule has 0 saturated carbocycles. The van der Waals surface area contributed by atoms with E-state index in [1.165, 1.54) is 23.6 Å². The van der Waals surface area contributed by atoms with Gasteiger partial charge in [0, 0.05) is 19.6 Å². The van der Waals surface area contributed by atoms with Crippen molar-refractivity contribution in [2.75, 3.05) is 19.6 Å². The van der Waals surface area contributed by atoms with Gasteiger partial charge >= 0.3 is 0 Å². The molecule has 174 valence electrons. The quantitative estimate of drug-likeness (QED) is 0.300. The number of rotatable bonds is 8. The molecule has 0 aliphatic carbocycles. The Bertz CT molecular complexity index is 741. The predicted octanol–water partition coefficient (Wildman–Crippen LogP) is -2.63. The first-order chi connectivity index (χ1) is 14.3. The second-order valence-electron chi connectivity index (χ2n) is 9.61. The smallest absolute Gasteiger partial charge is 0.245 e. The van der Waals surface area contributed by atoms with Gasteiger partial charge in [-0.25, -0.2) is 0 Å². The third-order valence-electron chi connectivity index (χ3n) is 6.88. The second-order valence-corrected chi connectivity index (χ2v) is 9.61. The zero-order valence-electron chi connectivity index (χ0n) is 18.4. The van der Waals surface area contributed by atoms with Gasteiger partial charge in [-0.2, -0.15) is 0 Å². The van der Waals surface area contributed by atoms with Crippen LogP contribution < -0.4 is 11.5 Å². The minimum Gasteiger partial charge on any atom is -0.391 e. The van der Waals surface area contributed by atoms with Crippen LogP contribution in [0.2, 0.25) is 0 Å². The molecule has 0 aromatic heterocycles. The fourth-order valence-corrected chi connectivity index (χ4v) is 5.53. The van der Waals surface area contributed by atoms with Gasteiger partial charge in [-0.1, -0.05) is 13.8 Å². The Hall–Kier alpha value is -2.24. The molecule has 3 aliphatic rings. The molecule has 0 aromatic rings. The van der Waals surface area contributed by atoms with Gasteiger partial charge in [-0.05, 0) is 32.6 Å². The van der Waals surface area contributed by atoms with Crippen molar-refractivity contribution in [3.63, 3.8) is 0 Å². The second kappa shape index (κ2) is 7.72. The number of likely N-dealkylation sites (tertiary alicyclic amines) is 3. The highest BCUT2D eigenvalue weighted by molar-refractivity contribution is 6.02. The number of aliphatic hydroxyl groups excluding tert-OH is 2. The molecular formula is C20H33N5O6. The van der Waals surface area contributed by atoms with Crippen LogP contribution in [0.15, 0.2) is 0 Å². The third kappa shape index (κ3) is 3.30. The summed E-state index contributed by atoms with van der Waals surface area (Å²) in [6, 6.07) is -2.25. The van der Waals surface area contributed by atoms with E-state index < -0.39 is 47.2 Å². The fraction of sp³-hybridized carbons (Fsp3) is 0.800. The van der Waals surface area contributed by atoms with Crippen molar-refractivity contribution in [3.8, 4) is 0 Å². The van der Waals surface area contributed by atoms with Crippen LogP contribution in [0.5, 0.6) is 0 Å². The number of carbonyl (C=O) groups excluding carboxylic acids is 4. The molecule has 3 saturated heterocycles. The topological polar surface area (TPSA) is 170 Å². The lowest BCUT2D eigenvalue weighted by Gasteiger charge is -2.60. The molecule has 31 heavy (non-hydrogen) atoms. The lowest BCUT2D eigenvalue weighted by atomic mass is 9.82. The molecule has 0 bridgehead atoms. The van der Waals surface area contributed by atoms with E-state index >= 15 is 0 Å². The van der Waals surface area contributed by atoms with Gasteiger partial charge in [-0.3, -0.25) is 24.1 Å². The Kier molecular flexibility index (Phi) is 5.83. The van der Waals surface area contributed by atoms with Gasteiger partial charge in [0.2, 0.25) is 23.6 Å². The summed E-state index contributed by atoms with van der Waals surface area (Å²) in [6.45, 7) is 7.60. The standard InChI is InChI=1S/C20H33N5O6/c1-10(2)7-25-19(8-23(17(19)30)13(11(3)26)15(21)28)5-6-20(25)9-24(18(20)31)14(12(4)27)16(22)29/h10-14,26-27H,5-9H2,1-4H3,(H2,21,28)(H2,22,29)/t11-,12-,13+,14+,19?,20?/m1/s1. The van der Waals surface area contributed by atoms with Gasteiger partial charge in [0.15, 0.2) is 0 Å². The number of carbonyl (C=O) groups is 4. The van der Waals surface area contributed by atoms with Crippen LogP contribution in [0.4, 0.5) is 0 Å². The summed E-state index contributed by atoms with van der Waals surface area (Å²) in [5.74, 6) is -2.09. The number of aliphatic hydroxyl groups is 2. The van der Waals surface area contributed by atoms with E-state index in [-0.39, 0.29) is 30.8 Å². The van der Waals surface area contributed by atoms with Crippen molar-refractivity contribution in [2.45, 2.75) is 75.9 Å². The summed E-state index contributed by atoms with van der Waals surface area (Å²) < 4.78 is 0. The minimum atomic E-state index is -1.13. The Labute approximate surface area is 181 Å². The molecule has 3 rings (SSSR count). The lowest BCUT2D eigenvalue weighted by molar-refractivity contribution is -0.192. The van der Waals surface area contributed by atoms with Crippen molar-refractivity contribution in [1.82, 2.24) is 14.7 Å². The first kappa shape index (κ1) is 23.4. The summed E-state index contributed by atoms with van der Waals surface area (Å²) in [5.41, 5.74) is 8.88. The normalized spacial score (nSPS) is 32.2. The maximum atomic E-state index is 13.3. The molecule has 6 N–H and O–H groups in total. The molecule has 11 heteroatoms. The molecule has 0 aromatic carbocycles. The Morgan fingerprint density at radius 1 is 0.871 bits per heavy atom. The van der Waals surface area contributed by atoms with Gasteiger partial charge < -0.3 is 31.5 Å². The summed E-state index contributed by atoms with van der Waals surface area (Å²) in [4.78, 5) is 54.7. The Balaban J connectivity index is 1.89. The molecule has 11 nitrogen and oxygen atoms in total. The minimum absolute atomic E-state index is 0.142. The van der Waals surface area contributed by atoms with Crippen molar-refractivity contribution in [1.29, 1.82) is 0 Å². The van der Waals surface area contributed by atoms with Gasteiger partial charge in [0.05, 0.1) is 12.2 Å². The first-order valence-electron chi connectivity index (χ1n) is 10.6. The van der Waals surface area contributed by atoms with Gasteiger partial charge in [-0.15, -0.1) is 0 Å². The number of amides is 4. The highest BCUT2D eigenvalue weighted by Gasteiger charge is 2.73. The molecule has 3 aliphatic heterocycles. The van der Waals surface area contributed by atoms with Crippen LogP contribution in [-0.2, 0) is 19.2 Å². The monoisotopic (exact) mass is 439 g/mol. The highest BCUT2D eigenvalue weighted by atomic mass is 16.3. The number of nitrogens with two attached hydrogens (primary N) is 2. The molecule has 4 amide bonds. The van der Waals surface area contributed by atoms with Crippen molar-refractivity contribution >= 4 is 23.6 Å². The number of hydrogen-bond donors (Lipinski definition) is 4. The zero-order chi connectivity index (χ0) is 23.5. The van der Waals surface area contributed by atoms with E-state index in [9.17, 15) is 29.4 Å². The molecular weight excluding hydrogens is 406 g/mol. The van der Waals surface area contributed by atoms with E-state index in [2.05, 4.69) is 0 Å². The third-order valence-corrected chi connectivity index (χ3v) is 6.88. The van der Waals surface area contributed by atoms with Crippen molar-refractivity contribution in [2.24, 2.45) is 17.4 Å². The van der Waals surface area contributed by atoms with E-state index in [4.69, 9.17) is 11.5 Å². The van der Waals surface area contributed by atoms with E-state index in [1.807, 2.05) is 18.7 Å². The van der Waals surface area contributed by atoms with Gasteiger partial charge in [0.1, 0.15) is 23.2 Å². The summed E-state index contributed by atoms with van der Waals surface area (Å²) in [6.07, 6.45) is -1.40. The summed E-state index contributed by atoms with van der Waals surface area (Å²) in [7, 11) is 0. The molecule has 2 spiro atoms. The van der Waals surface area contributed by atoms with Crippen molar-refractivity contribution in [3.05, 3.63) is 0 Å². The fourth-order valence-electron chi connectivity index (χ4n) is 5.53. The van der Waals surface area contributed by atoms with Crippen LogP contribution >= 0.6 is 0 Å². The van der Waals surface area contributed by atoms with Crippen LogP contribution in [0.1, 0.15) is 40.5 Å². The van der Waals surface area contributed by atoms with Gasteiger partial charge in [0.25, 0.3) is 0 Å². The number of primary amides is 2. The van der Waals surface area contributed by atoms with Crippen LogP contribution in [0, 0.1) is 5.92 Å². The van der Waals surface area contributed by atoms with Crippen molar-refractivity contribution < 1.29 is 29.4 Å². The summed E-state index contributed by atoms with van der Waals surface area (Å²) >= 11 is 0. The van der Waals surface area contributed by atoms with E-state index in [1.54, 1.807) is 0 Å². The Morgan fingerprint density at radius 2 is 1.23 bits per heavy atom. The SMILES string of the molecule is CC(C)CN1C2(CCC13CN([C@H](C(N)=O)[C@@H](C)O)C3=O)CN([C@H](C(N)=O)[C@@H](C)O)C2=O. The highest BCUT2D eigenvalue weighted by Crippen LogP contribution is 2.52. The summed E-state index contributed by atoms with van der Waals surface area (Å²) in [5, 5.41) is 19.9. The van der Waals surface area contributed by atoms with Crippen LogP contribution in [0.25, 0.3) is 0 Å². The van der Waals surface area contributed by atoms with Crippen LogP contribution in [0.3, 0.4) is 0 Å². The average molecular weight is 440 g/mol. The van der Waals surface area contributed by atoms with E-state index in [0.29, 0.717) is 19.4 Å². The number of hydrogen-bond acceptors (Lipinski definition) is 7. The maximum Gasteiger partial charge on any atom is 0.245 e. The predicted molar refractivity (Wildman–Crippen MR) is 109 cm³/mol. The molecule has 2 unspecified atom stereocenters. The average Bonchev–Trinajstić information content (AvgIpc) is 2.97. The van der Waals surface area contributed by atoms with Crippen LogP contribution in [-0.4, -0.2) is 104 Å². The number of nitrogens with zero attached hydrogens (tertiary/aromatic N) is 3. The van der Waals surface area contributed by atoms with E-state index in [0.717, 1.165) is 0 Å².